The number of halogens is 2. The molecule has 0 radical (unpaired) electrons. The second-order valence-corrected chi connectivity index (χ2v) is 7.45. The minimum absolute atomic E-state index is 0.279. The van der Waals surface area contributed by atoms with Crippen LogP contribution < -0.4 is 10.6 Å². The molecule has 134 valence electrons. The van der Waals surface area contributed by atoms with Crippen molar-refractivity contribution in [2.75, 3.05) is 17.7 Å². The van der Waals surface area contributed by atoms with Gasteiger partial charge in [0.2, 0.25) is 5.91 Å². The predicted octanol–water partition coefficient (Wildman–Crippen LogP) is 4.75. The first-order valence-electron chi connectivity index (χ1n) is 8.30. The monoisotopic (exact) mass is 373 g/mol. The molecule has 0 aliphatic heterocycles. The van der Waals surface area contributed by atoms with E-state index in [2.05, 4.69) is 15.6 Å². The molecule has 1 aromatic heterocycles. The maximum absolute atomic E-state index is 14.8. The number of nitrogens with one attached hydrogen (secondary N) is 2. The topological polar surface area (TPSA) is 54.0 Å². The molecule has 4 rings (SSSR count). The lowest BCUT2D eigenvalue weighted by atomic mass is 9.99. The molecule has 0 spiro atoms. The van der Waals surface area contributed by atoms with E-state index >= 15 is 0 Å². The number of carbonyl (C=O) groups excluding carboxylic acids is 1. The van der Waals surface area contributed by atoms with Gasteiger partial charge in [0, 0.05) is 12.6 Å². The number of thiazole rings is 1. The number of alkyl halides is 1. The summed E-state index contributed by atoms with van der Waals surface area (Å²) in [4.78, 5) is 16.2. The third kappa shape index (κ3) is 2.92. The summed E-state index contributed by atoms with van der Waals surface area (Å²) in [7, 11) is 1.68. The average molecular weight is 373 g/mol. The third-order valence-electron chi connectivity index (χ3n) is 4.58. The lowest BCUT2D eigenvalue weighted by Gasteiger charge is -2.11. The van der Waals surface area contributed by atoms with Crippen molar-refractivity contribution in [3.8, 4) is 11.1 Å². The summed E-state index contributed by atoms with van der Waals surface area (Å²) in [6.07, 6.45) is -0.761. The standard InChI is InChI=1S/C19H17F2N3OS/c1-9-3-5-14(22-2)17(21)16(9)10-4-6-13-15(7-10)26-19(23-13)24-18(25)11-8-12(11)20/h3-7,11-12,22H,8H2,1-2H3,(H,23,24,25)/t11-,12+/m1/s1. The van der Waals surface area contributed by atoms with Gasteiger partial charge in [-0.05, 0) is 42.7 Å². The Hall–Kier alpha value is -2.54. The zero-order chi connectivity index (χ0) is 18.4. The molecule has 0 unspecified atom stereocenters. The van der Waals surface area contributed by atoms with Crippen molar-refractivity contribution in [1.82, 2.24) is 4.98 Å². The van der Waals surface area contributed by atoms with Gasteiger partial charge in [0.25, 0.3) is 0 Å². The lowest BCUT2D eigenvalue weighted by Crippen LogP contribution is -2.14. The Morgan fingerprint density at radius 3 is 2.77 bits per heavy atom. The highest BCUT2D eigenvalue weighted by atomic mass is 32.1. The average Bonchev–Trinajstić information content (AvgIpc) is 3.21. The molecular weight excluding hydrogens is 356 g/mol. The quantitative estimate of drug-likeness (QED) is 0.694. The van der Waals surface area contributed by atoms with E-state index in [-0.39, 0.29) is 18.1 Å². The second-order valence-electron chi connectivity index (χ2n) is 6.42. The molecule has 1 aliphatic rings. The first-order valence-corrected chi connectivity index (χ1v) is 9.12. The number of carbonyl (C=O) groups is 1. The SMILES string of the molecule is CNc1ccc(C)c(-c2ccc3nc(NC(=O)[C@@H]4C[C@@H]4F)sc3c2)c1F. The smallest absolute Gasteiger partial charge is 0.232 e. The van der Waals surface area contributed by atoms with Gasteiger partial charge in [0.1, 0.15) is 6.17 Å². The highest BCUT2D eigenvalue weighted by molar-refractivity contribution is 7.22. The van der Waals surface area contributed by atoms with Gasteiger partial charge in [0.05, 0.1) is 21.8 Å². The molecule has 3 aromatic rings. The van der Waals surface area contributed by atoms with Gasteiger partial charge >= 0.3 is 0 Å². The maximum Gasteiger partial charge on any atom is 0.232 e. The van der Waals surface area contributed by atoms with Crippen LogP contribution in [0.1, 0.15) is 12.0 Å². The Morgan fingerprint density at radius 1 is 1.31 bits per heavy atom. The molecule has 1 fully saturated rings. The molecule has 2 N–H and O–H groups in total. The molecule has 2 aromatic carbocycles. The van der Waals surface area contributed by atoms with E-state index in [0.717, 1.165) is 15.8 Å². The van der Waals surface area contributed by atoms with Crippen molar-refractivity contribution >= 4 is 38.3 Å². The minimum atomic E-state index is -1.04. The number of nitrogens with zero attached hydrogens (tertiary/aromatic N) is 1. The van der Waals surface area contributed by atoms with Crippen LogP contribution in [0.25, 0.3) is 21.3 Å². The largest absolute Gasteiger partial charge is 0.386 e. The molecule has 1 heterocycles. The van der Waals surface area contributed by atoms with Gasteiger partial charge < -0.3 is 10.6 Å². The van der Waals surface area contributed by atoms with Gasteiger partial charge in [-0.3, -0.25) is 4.79 Å². The molecule has 2 atom stereocenters. The molecule has 0 saturated heterocycles. The molecule has 4 nitrogen and oxygen atoms in total. The fraction of sp³-hybridized carbons (Fsp3) is 0.263. The number of benzene rings is 2. The van der Waals surface area contributed by atoms with E-state index in [9.17, 15) is 13.6 Å². The minimum Gasteiger partial charge on any atom is -0.386 e. The number of aryl methyl sites for hydroxylation is 1. The number of anilines is 2. The van der Waals surface area contributed by atoms with Crippen LogP contribution >= 0.6 is 11.3 Å². The normalized spacial score (nSPS) is 18.8. The molecule has 1 aliphatic carbocycles. The number of amides is 1. The van der Waals surface area contributed by atoms with E-state index in [0.29, 0.717) is 21.9 Å². The molecule has 0 bridgehead atoms. The Kier molecular flexibility index (Phi) is 4.11. The molecule has 7 heteroatoms. The van der Waals surface area contributed by atoms with Crippen LogP contribution in [-0.4, -0.2) is 24.1 Å². The first kappa shape index (κ1) is 16.9. The summed E-state index contributed by atoms with van der Waals surface area (Å²) in [6, 6.07) is 9.06. The van der Waals surface area contributed by atoms with Crippen molar-refractivity contribution < 1.29 is 13.6 Å². The van der Waals surface area contributed by atoms with Gasteiger partial charge in [0.15, 0.2) is 10.9 Å². The van der Waals surface area contributed by atoms with Crippen LogP contribution in [-0.2, 0) is 4.79 Å². The summed E-state index contributed by atoms with van der Waals surface area (Å²) in [5, 5.41) is 5.95. The van der Waals surface area contributed by atoms with Crippen LogP contribution in [0, 0.1) is 18.7 Å². The van der Waals surface area contributed by atoms with Gasteiger partial charge in [-0.15, -0.1) is 0 Å². The zero-order valence-corrected chi connectivity index (χ0v) is 15.1. The van der Waals surface area contributed by atoms with E-state index < -0.39 is 12.1 Å². The Labute approximate surface area is 153 Å². The van der Waals surface area contributed by atoms with E-state index in [4.69, 9.17) is 0 Å². The van der Waals surface area contributed by atoms with E-state index in [1.54, 1.807) is 19.2 Å². The number of rotatable bonds is 4. The summed E-state index contributed by atoms with van der Waals surface area (Å²) in [5.74, 6) is -1.19. The van der Waals surface area contributed by atoms with E-state index in [1.807, 2.05) is 25.1 Å². The van der Waals surface area contributed by atoms with Gasteiger partial charge in [-0.1, -0.05) is 23.5 Å². The van der Waals surface area contributed by atoms with Crippen LogP contribution in [0.2, 0.25) is 0 Å². The predicted molar refractivity (Wildman–Crippen MR) is 101 cm³/mol. The maximum atomic E-state index is 14.8. The van der Waals surface area contributed by atoms with Crippen LogP contribution in [0.5, 0.6) is 0 Å². The molecule has 1 amide bonds. The first-order chi connectivity index (χ1) is 12.5. The molecule has 26 heavy (non-hydrogen) atoms. The summed E-state index contributed by atoms with van der Waals surface area (Å²) >= 11 is 1.30. The van der Waals surface area contributed by atoms with Crippen molar-refractivity contribution in [1.29, 1.82) is 0 Å². The fourth-order valence-electron chi connectivity index (χ4n) is 2.99. The summed E-state index contributed by atoms with van der Waals surface area (Å²) < 4.78 is 28.6. The lowest BCUT2D eigenvalue weighted by molar-refractivity contribution is -0.117. The highest BCUT2D eigenvalue weighted by Crippen LogP contribution is 2.37. The van der Waals surface area contributed by atoms with Crippen LogP contribution in [0.15, 0.2) is 30.3 Å². The second kappa shape index (κ2) is 6.32. The highest BCUT2D eigenvalue weighted by Gasteiger charge is 2.43. The number of hydrogen-bond acceptors (Lipinski definition) is 4. The Balaban J connectivity index is 1.69. The van der Waals surface area contributed by atoms with Crippen molar-refractivity contribution in [3.63, 3.8) is 0 Å². The van der Waals surface area contributed by atoms with Crippen LogP contribution in [0.4, 0.5) is 19.6 Å². The van der Waals surface area contributed by atoms with Gasteiger partial charge in [-0.25, -0.2) is 13.8 Å². The number of aromatic nitrogens is 1. The van der Waals surface area contributed by atoms with Crippen molar-refractivity contribution in [2.24, 2.45) is 5.92 Å². The molecular formula is C19H17F2N3OS. The molecule has 1 saturated carbocycles. The summed E-state index contributed by atoms with van der Waals surface area (Å²) in [6.45, 7) is 1.86. The summed E-state index contributed by atoms with van der Waals surface area (Å²) in [5.41, 5.74) is 3.27. The number of hydrogen-bond donors (Lipinski definition) is 2. The zero-order valence-electron chi connectivity index (χ0n) is 14.3. The van der Waals surface area contributed by atoms with E-state index in [1.165, 1.54) is 11.3 Å². The fourth-order valence-corrected chi connectivity index (χ4v) is 3.90. The third-order valence-corrected chi connectivity index (χ3v) is 5.51. The van der Waals surface area contributed by atoms with Gasteiger partial charge in [-0.2, -0.15) is 0 Å². The Bertz CT molecular complexity index is 1020. The number of fused-ring (bicyclic) bond motifs is 1. The van der Waals surface area contributed by atoms with Crippen LogP contribution in [0.3, 0.4) is 0 Å². The Morgan fingerprint density at radius 2 is 2.08 bits per heavy atom. The van der Waals surface area contributed by atoms with Crippen molar-refractivity contribution in [2.45, 2.75) is 19.5 Å². The van der Waals surface area contributed by atoms with Crippen molar-refractivity contribution in [3.05, 3.63) is 41.7 Å².